The molecule has 0 rings (SSSR count). The Labute approximate surface area is 56.5 Å². The third kappa shape index (κ3) is 4.45. The molecule has 0 atom stereocenters. The van der Waals surface area contributed by atoms with E-state index in [1.807, 2.05) is 6.92 Å². The van der Waals surface area contributed by atoms with Gasteiger partial charge >= 0.3 is 7.32 Å². The zero-order chi connectivity index (χ0) is 7.11. The van der Waals surface area contributed by atoms with Crippen molar-refractivity contribution in [3.8, 4) is 0 Å². The summed E-state index contributed by atoms with van der Waals surface area (Å²) in [6, 6.07) is 0. The van der Waals surface area contributed by atoms with Crippen molar-refractivity contribution in [2.24, 2.45) is 0 Å². The summed E-state index contributed by atoms with van der Waals surface area (Å²) < 4.78 is 14.6. The highest BCUT2D eigenvalue weighted by Gasteiger charge is 2.15. The highest BCUT2D eigenvalue weighted by molar-refractivity contribution is 6.36. The molecule has 0 bridgehead atoms. The topological polar surface area (TPSA) is 27.7 Å². The van der Waals surface area contributed by atoms with Gasteiger partial charge in [-0.3, -0.25) is 0 Å². The summed E-state index contributed by atoms with van der Waals surface area (Å²) in [6.45, 7) is 2.70. The second-order valence-electron chi connectivity index (χ2n) is 1.63. The fourth-order valence-corrected chi connectivity index (χ4v) is 0.446. The lowest BCUT2D eigenvalue weighted by Crippen LogP contribution is -2.24. The van der Waals surface area contributed by atoms with Crippen LogP contribution < -0.4 is 0 Å². The van der Waals surface area contributed by atoms with Crippen LogP contribution in [0.4, 0.5) is 0 Å². The fourth-order valence-electron chi connectivity index (χ4n) is 0.446. The predicted octanol–water partition coefficient (Wildman–Crippen LogP) is 0.691. The highest BCUT2D eigenvalue weighted by Crippen LogP contribution is 1.88. The molecule has 0 aromatic heterocycles. The Hall–Kier alpha value is -0.0551. The van der Waals surface area contributed by atoms with E-state index in [-0.39, 0.29) is 0 Å². The molecular weight excluding hydrogens is 119 g/mol. The summed E-state index contributed by atoms with van der Waals surface area (Å²) >= 11 is 0. The van der Waals surface area contributed by atoms with Gasteiger partial charge in [0.1, 0.15) is 0 Å². The maximum absolute atomic E-state index is 5.05. The monoisotopic (exact) mass is 132 g/mol. The van der Waals surface area contributed by atoms with Crippen LogP contribution in [0.25, 0.3) is 0 Å². The zero-order valence-corrected chi connectivity index (χ0v) is 6.22. The first-order valence-corrected chi connectivity index (χ1v) is 3.02. The second kappa shape index (κ2) is 6.07. The molecule has 54 valence electrons. The van der Waals surface area contributed by atoms with Crippen LogP contribution in [-0.4, -0.2) is 28.1 Å². The molecule has 0 aromatic rings. The molecule has 4 heteroatoms. The van der Waals surface area contributed by atoms with Crippen LogP contribution in [0.1, 0.15) is 13.3 Å². The Balaban J connectivity index is 3.09. The van der Waals surface area contributed by atoms with Crippen molar-refractivity contribution >= 4 is 7.32 Å². The molecule has 3 nitrogen and oxygen atoms in total. The molecule has 0 aromatic carbocycles. The van der Waals surface area contributed by atoms with Crippen LogP contribution in [0.15, 0.2) is 0 Å². The molecule has 0 aliphatic rings. The van der Waals surface area contributed by atoms with Crippen LogP contribution in [0.5, 0.6) is 0 Å². The smallest absolute Gasteiger partial charge is 0.389 e. The van der Waals surface area contributed by atoms with Crippen LogP contribution in [0.3, 0.4) is 0 Å². The third-order valence-corrected chi connectivity index (χ3v) is 0.843. The van der Waals surface area contributed by atoms with E-state index in [1.165, 1.54) is 0 Å². The summed E-state index contributed by atoms with van der Waals surface area (Å²) in [5, 5.41) is 0. The standard InChI is InChI=1S/C5H13BO3/c1-4-5-9-6(7-2)8-3/h4-5H2,1-3H3. The van der Waals surface area contributed by atoms with Crippen LogP contribution in [0, 0.1) is 0 Å². The van der Waals surface area contributed by atoms with Gasteiger partial charge in [-0.2, -0.15) is 0 Å². The number of hydrogen-bond donors (Lipinski definition) is 0. The number of rotatable bonds is 5. The maximum Gasteiger partial charge on any atom is 0.639 e. The molecule has 0 radical (unpaired) electrons. The average molecular weight is 132 g/mol. The van der Waals surface area contributed by atoms with Gasteiger partial charge in [0, 0.05) is 20.8 Å². The molecule has 0 aliphatic carbocycles. The van der Waals surface area contributed by atoms with Gasteiger partial charge in [-0.1, -0.05) is 6.92 Å². The lowest BCUT2D eigenvalue weighted by atomic mass is 10.2. The second-order valence-corrected chi connectivity index (χ2v) is 1.63. The predicted molar refractivity (Wildman–Crippen MR) is 36.0 cm³/mol. The van der Waals surface area contributed by atoms with Gasteiger partial charge in [-0.25, -0.2) is 0 Å². The van der Waals surface area contributed by atoms with E-state index in [2.05, 4.69) is 0 Å². The Kier molecular flexibility index (Phi) is 6.03. The van der Waals surface area contributed by atoms with Gasteiger partial charge in [0.25, 0.3) is 0 Å². The quantitative estimate of drug-likeness (QED) is 0.515. The van der Waals surface area contributed by atoms with Gasteiger partial charge in [0.15, 0.2) is 0 Å². The van der Waals surface area contributed by atoms with Gasteiger partial charge in [0.05, 0.1) is 0 Å². The molecule has 0 spiro atoms. The largest absolute Gasteiger partial charge is 0.639 e. The minimum absolute atomic E-state index is 0.495. The van der Waals surface area contributed by atoms with E-state index in [1.54, 1.807) is 14.2 Å². The molecule has 0 fully saturated rings. The first-order valence-electron chi connectivity index (χ1n) is 3.02. The lowest BCUT2D eigenvalue weighted by Gasteiger charge is -2.06. The molecule has 0 amide bonds. The molecule has 9 heavy (non-hydrogen) atoms. The van der Waals surface area contributed by atoms with Crippen molar-refractivity contribution in [3.05, 3.63) is 0 Å². The van der Waals surface area contributed by atoms with E-state index in [0.29, 0.717) is 6.61 Å². The van der Waals surface area contributed by atoms with Gasteiger partial charge in [-0.05, 0) is 6.42 Å². The molecule has 0 unspecified atom stereocenters. The Morgan fingerprint density at radius 1 is 1.22 bits per heavy atom. The maximum atomic E-state index is 5.05. The third-order valence-electron chi connectivity index (χ3n) is 0.843. The molecule has 0 saturated heterocycles. The summed E-state index contributed by atoms with van der Waals surface area (Å²) in [7, 11) is 2.60. The zero-order valence-electron chi connectivity index (χ0n) is 6.22. The summed E-state index contributed by atoms with van der Waals surface area (Å²) in [5.74, 6) is 0. The molecular formula is C5H13BO3. The SMILES string of the molecule is CCCOB(OC)OC. The van der Waals surface area contributed by atoms with Crippen LogP contribution in [-0.2, 0) is 14.0 Å². The van der Waals surface area contributed by atoms with Gasteiger partial charge in [-0.15, -0.1) is 0 Å². The summed E-state index contributed by atoms with van der Waals surface area (Å²) in [4.78, 5) is 0. The van der Waals surface area contributed by atoms with Crippen molar-refractivity contribution in [2.75, 3.05) is 20.8 Å². The fraction of sp³-hybridized carbons (Fsp3) is 1.00. The Bertz CT molecular complexity index is 56.2. The van der Waals surface area contributed by atoms with Crippen LogP contribution in [0.2, 0.25) is 0 Å². The first-order chi connectivity index (χ1) is 4.35. The molecule has 0 heterocycles. The van der Waals surface area contributed by atoms with Crippen molar-refractivity contribution in [1.82, 2.24) is 0 Å². The Morgan fingerprint density at radius 3 is 2.11 bits per heavy atom. The van der Waals surface area contributed by atoms with E-state index in [4.69, 9.17) is 14.0 Å². The van der Waals surface area contributed by atoms with E-state index >= 15 is 0 Å². The van der Waals surface area contributed by atoms with Crippen molar-refractivity contribution in [1.29, 1.82) is 0 Å². The highest BCUT2D eigenvalue weighted by atomic mass is 16.7. The first kappa shape index (κ1) is 8.94. The molecule has 0 N–H and O–H groups in total. The van der Waals surface area contributed by atoms with Crippen molar-refractivity contribution in [2.45, 2.75) is 13.3 Å². The molecule has 0 aliphatic heterocycles. The summed E-state index contributed by atoms with van der Waals surface area (Å²) in [6.07, 6.45) is 0.975. The van der Waals surface area contributed by atoms with E-state index in [0.717, 1.165) is 6.42 Å². The Morgan fingerprint density at radius 2 is 1.78 bits per heavy atom. The molecule has 0 saturated carbocycles. The van der Waals surface area contributed by atoms with Crippen molar-refractivity contribution in [3.63, 3.8) is 0 Å². The summed E-state index contributed by atoms with van der Waals surface area (Å²) in [5.41, 5.74) is 0. The van der Waals surface area contributed by atoms with E-state index < -0.39 is 7.32 Å². The number of hydrogen-bond acceptors (Lipinski definition) is 3. The minimum atomic E-state index is -0.495. The van der Waals surface area contributed by atoms with Gasteiger partial charge < -0.3 is 14.0 Å². The normalized spacial score (nSPS) is 9.67. The lowest BCUT2D eigenvalue weighted by molar-refractivity contribution is 0.135. The van der Waals surface area contributed by atoms with Crippen molar-refractivity contribution < 1.29 is 14.0 Å². The van der Waals surface area contributed by atoms with E-state index in [9.17, 15) is 0 Å². The average Bonchev–Trinajstić information content (AvgIpc) is 1.91. The van der Waals surface area contributed by atoms with Crippen LogP contribution >= 0.6 is 0 Å². The van der Waals surface area contributed by atoms with Gasteiger partial charge in [0.2, 0.25) is 0 Å². The minimum Gasteiger partial charge on any atom is -0.389 e.